The van der Waals surface area contributed by atoms with E-state index in [1.54, 1.807) is 23.1 Å². The van der Waals surface area contributed by atoms with Crippen molar-refractivity contribution in [1.29, 1.82) is 0 Å². The van der Waals surface area contributed by atoms with E-state index < -0.39 is 0 Å². The van der Waals surface area contributed by atoms with Crippen molar-refractivity contribution in [2.75, 3.05) is 11.1 Å². The van der Waals surface area contributed by atoms with Crippen LogP contribution in [0.1, 0.15) is 6.42 Å². The van der Waals surface area contributed by atoms with Crippen LogP contribution >= 0.6 is 34.7 Å². The molecule has 3 nitrogen and oxygen atoms in total. The lowest BCUT2D eigenvalue weighted by Gasteiger charge is -2.07. The molecule has 1 amide bonds. The van der Waals surface area contributed by atoms with E-state index in [-0.39, 0.29) is 5.91 Å². The summed E-state index contributed by atoms with van der Waals surface area (Å²) in [5, 5.41) is 4.66. The van der Waals surface area contributed by atoms with E-state index in [1.807, 2.05) is 66.7 Å². The summed E-state index contributed by atoms with van der Waals surface area (Å²) >= 11 is 9.19. The summed E-state index contributed by atoms with van der Waals surface area (Å²) in [6, 6.07) is 23.6. The van der Waals surface area contributed by atoms with Crippen molar-refractivity contribution in [3.05, 3.63) is 77.8 Å². The maximum atomic E-state index is 12.3. The first kappa shape index (κ1) is 19.0. The molecule has 0 aliphatic heterocycles. The first-order chi connectivity index (χ1) is 13.7. The predicted octanol–water partition coefficient (Wildman–Crippen LogP) is 6.74. The van der Waals surface area contributed by atoms with Crippen LogP contribution in [0.3, 0.4) is 0 Å². The normalized spacial score (nSPS) is 10.9. The van der Waals surface area contributed by atoms with E-state index in [2.05, 4.69) is 16.4 Å². The predicted molar refractivity (Wildman–Crippen MR) is 120 cm³/mol. The second-order valence-corrected chi connectivity index (χ2v) is 8.80. The molecular weight excluding hydrogens is 408 g/mol. The van der Waals surface area contributed by atoms with Crippen molar-refractivity contribution in [2.24, 2.45) is 0 Å². The lowest BCUT2D eigenvalue weighted by molar-refractivity contribution is -0.115. The number of thiazole rings is 1. The average Bonchev–Trinajstić information content (AvgIpc) is 3.14. The van der Waals surface area contributed by atoms with Gasteiger partial charge in [0.05, 0.1) is 10.2 Å². The smallest absolute Gasteiger partial charge is 0.225 e. The Hall–Kier alpha value is -2.34. The molecule has 28 heavy (non-hydrogen) atoms. The van der Waals surface area contributed by atoms with Crippen LogP contribution in [0.2, 0.25) is 5.02 Å². The summed E-state index contributed by atoms with van der Waals surface area (Å²) in [6.07, 6.45) is 0.443. The minimum atomic E-state index is 0.00270. The summed E-state index contributed by atoms with van der Waals surface area (Å²) in [4.78, 5) is 18.1. The Labute approximate surface area is 176 Å². The van der Waals surface area contributed by atoms with Gasteiger partial charge in [-0.05, 0) is 48.5 Å². The lowest BCUT2D eigenvalue weighted by atomic mass is 10.2. The number of anilines is 1. The molecule has 140 valence electrons. The number of amides is 1. The molecule has 1 heterocycles. The summed E-state index contributed by atoms with van der Waals surface area (Å²) in [7, 11) is 0. The molecule has 1 N–H and O–H groups in total. The van der Waals surface area contributed by atoms with E-state index in [4.69, 9.17) is 11.6 Å². The van der Waals surface area contributed by atoms with Crippen molar-refractivity contribution in [3.8, 4) is 10.6 Å². The number of para-hydroxylation sites is 1. The molecule has 4 aromatic rings. The minimum absolute atomic E-state index is 0.00270. The van der Waals surface area contributed by atoms with Crippen LogP contribution in [-0.4, -0.2) is 16.6 Å². The molecule has 0 bridgehead atoms. The zero-order chi connectivity index (χ0) is 19.3. The highest BCUT2D eigenvalue weighted by Crippen LogP contribution is 2.31. The van der Waals surface area contributed by atoms with Gasteiger partial charge in [0.1, 0.15) is 5.01 Å². The molecule has 1 aromatic heterocycles. The Morgan fingerprint density at radius 2 is 1.86 bits per heavy atom. The number of carbonyl (C=O) groups is 1. The number of nitrogens with one attached hydrogen (secondary N) is 1. The van der Waals surface area contributed by atoms with Gasteiger partial charge >= 0.3 is 0 Å². The van der Waals surface area contributed by atoms with Gasteiger partial charge in [-0.25, -0.2) is 4.98 Å². The van der Waals surface area contributed by atoms with Gasteiger partial charge < -0.3 is 5.32 Å². The fraction of sp³-hybridized carbons (Fsp3) is 0.0909. The largest absolute Gasteiger partial charge is 0.326 e. The third-order valence-electron chi connectivity index (χ3n) is 4.10. The van der Waals surface area contributed by atoms with Gasteiger partial charge in [-0.1, -0.05) is 35.9 Å². The van der Waals surface area contributed by atoms with E-state index in [9.17, 15) is 4.79 Å². The van der Waals surface area contributed by atoms with E-state index in [0.29, 0.717) is 12.2 Å². The molecule has 0 radical (unpaired) electrons. The molecule has 0 atom stereocenters. The number of fused-ring (bicyclic) bond motifs is 1. The molecular formula is C22H17ClN2OS2. The van der Waals surface area contributed by atoms with E-state index in [1.165, 1.54) is 0 Å². The zero-order valence-corrected chi connectivity index (χ0v) is 17.3. The Balaban J connectivity index is 1.37. The number of thioether (sulfide) groups is 1. The van der Waals surface area contributed by atoms with Gasteiger partial charge in [0, 0.05) is 33.3 Å². The quantitative estimate of drug-likeness (QED) is 0.348. The Bertz CT molecular complexity index is 1080. The Morgan fingerprint density at radius 1 is 1.04 bits per heavy atom. The minimum Gasteiger partial charge on any atom is -0.326 e. The van der Waals surface area contributed by atoms with Crippen molar-refractivity contribution in [2.45, 2.75) is 11.3 Å². The molecule has 6 heteroatoms. The van der Waals surface area contributed by atoms with Gasteiger partial charge in [0.25, 0.3) is 0 Å². The first-order valence-electron chi connectivity index (χ1n) is 8.82. The van der Waals surface area contributed by atoms with E-state index in [0.717, 1.165) is 36.4 Å². The summed E-state index contributed by atoms with van der Waals surface area (Å²) < 4.78 is 1.16. The number of benzene rings is 3. The standard InChI is InChI=1S/C22H17ClN2OS2/c23-16-8-10-18(11-9-16)27-13-12-21(26)24-17-5-3-4-15(14-17)22-25-19-6-1-2-7-20(19)28-22/h1-11,14H,12-13H2,(H,24,26). The van der Waals surface area contributed by atoms with Crippen LogP contribution in [0.15, 0.2) is 77.7 Å². The number of halogens is 1. The maximum absolute atomic E-state index is 12.3. The van der Waals surface area contributed by atoms with Crippen LogP contribution in [0.5, 0.6) is 0 Å². The van der Waals surface area contributed by atoms with Crippen LogP contribution in [-0.2, 0) is 4.79 Å². The van der Waals surface area contributed by atoms with Crippen LogP contribution < -0.4 is 5.32 Å². The molecule has 0 saturated carbocycles. The van der Waals surface area contributed by atoms with E-state index >= 15 is 0 Å². The summed E-state index contributed by atoms with van der Waals surface area (Å²) in [5.74, 6) is 0.716. The molecule has 0 spiro atoms. The molecule has 0 aliphatic carbocycles. The third kappa shape index (κ3) is 4.73. The number of hydrogen-bond acceptors (Lipinski definition) is 4. The third-order valence-corrected chi connectivity index (χ3v) is 6.45. The number of rotatable bonds is 6. The van der Waals surface area contributed by atoms with Gasteiger partial charge in [-0.15, -0.1) is 23.1 Å². The molecule has 0 unspecified atom stereocenters. The topological polar surface area (TPSA) is 42.0 Å². The van der Waals surface area contributed by atoms with Gasteiger partial charge in [0.15, 0.2) is 0 Å². The fourth-order valence-electron chi connectivity index (χ4n) is 2.74. The van der Waals surface area contributed by atoms with Gasteiger partial charge in [0.2, 0.25) is 5.91 Å². The number of nitrogens with zero attached hydrogens (tertiary/aromatic N) is 1. The van der Waals surface area contributed by atoms with Crippen molar-refractivity contribution in [1.82, 2.24) is 4.98 Å². The SMILES string of the molecule is O=C(CCSc1ccc(Cl)cc1)Nc1cccc(-c2nc3ccccc3s2)c1. The monoisotopic (exact) mass is 424 g/mol. The molecule has 0 saturated heterocycles. The second-order valence-electron chi connectivity index (χ2n) is 6.17. The highest BCUT2D eigenvalue weighted by molar-refractivity contribution is 7.99. The molecule has 3 aromatic carbocycles. The average molecular weight is 425 g/mol. The molecule has 0 fully saturated rings. The number of carbonyl (C=O) groups excluding carboxylic acids is 1. The maximum Gasteiger partial charge on any atom is 0.225 e. The molecule has 4 rings (SSSR count). The molecule has 0 aliphatic rings. The zero-order valence-electron chi connectivity index (χ0n) is 14.9. The van der Waals surface area contributed by atoms with Gasteiger partial charge in [-0.2, -0.15) is 0 Å². The first-order valence-corrected chi connectivity index (χ1v) is 11.0. The number of hydrogen-bond donors (Lipinski definition) is 1. The van der Waals surface area contributed by atoms with Crippen LogP contribution in [0.25, 0.3) is 20.8 Å². The Morgan fingerprint density at radius 3 is 2.68 bits per heavy atom. The Kier molecular flexibility index (Phi) is 5.95. The summed E-state index contributed by atoms with van der Waals surface area (Å²) in [5.41, 5.74) is 2.80. The summed E-state index contributed by atoms with van der Waals surface area (Å²) in [6.45, 7) is 0. The van der Waals surface area contributed by atoms with Crippen LogP contribution in [0.4, 0.5) is 5.69 Å². The van der Waals surface area contributed by atoms with Crippen molar-refractivity contribution in [3.63, 3.8) is 0 Å². The second kappa shape index (κ2) is 8.78. The van der Waals surface area contributed by atoms with Gasteiger partial charge in [-0.3, -0.25) is 4.79 Å². The van der Waals surface area contributed by atoms with Crippen LogP contribution in [0, 0.1) is 0 Å². The van der Waals surface area contributed by atoms with Crippen molar-refractivity contribution < 1.29 is 4.79 Å². The highest BCUT2D eigenvalue weighted by atomic mass is 35.5. The van der Waals surface area contributed by atoms with Crippen molar-refractivity contribution >= 4 is 56.5 Å². The highest BCUT2D eigenvalue weighted by Gasteiger charge is 2.08. The number of aromatic nitrogens is 1. The lowest BCUT2D eigenvalue weighted by Crippen LogP contribution is -2.12. The fourth-order valence-corrected chi connectivity index (χ4v) is 4.68.